The van der Waals surface area contributed by atoms with Crippen LogP contribution >= 0.6 is 0 Å². The Kier molecular flexibility index (Phi) is 6.39. The van der Waals surface area contributed by atoms with E-state index in [2.05, 4.69) is 106 Å². The average molecular weight is 641 g/mol. The molecule has 0 saturated heterocycles. The smallest absolute Gasteiger partial charge is 0.238 e. The third-order valence-corrected chi connectivity index (χ3v) is 9.43. The number of hydrogen-bond donors (Lipinski definition) is 0. The van der Waals surface area contributed by atoms with Crippen molar-refractivity contribution < 1.29 is 0 Å². The van der Waals surface area contributed by atoms with E-state index in [0.717, 1.165) is 66.3 Å². The molecule has 10 rings (SSSR count). The lowest BCUT2D eigenvalue weighted by Gasteiger charge is -2.11. The quantitative estimate of drug-likeness (QED) is 0.188. The molecule has 0 unspecified atom stereocenters. The molecule has 0 atom stereocenters. The van der Waals surface area contributed by atoms with Crippen molar-refractivity contribution in [1.82, 2.24) is 29.1 Å². The van der Waals surface area contributed by atoms with Gasteiger partial charge in [-0.15, -0.1) is 0 Å². The monoisotopic (exact) mass is 640 g/mol. The minimum Gasteiger partial charge on any atom is -0.308 e. The van der Waals surface area contributed by atoms with E-state index < -0.39 is 0 Å². The summed E-state index contributed by atoms with van der Waals surface area (Å²) in [4.78, 5) is 20.2. The Balaban J connectivity index is 1.20. The van der Waals surface area contributed by atoms with Gasteiger partial charge >= 0.3 is 0 Å². The maximum absolute atomic E-state index is 5.10. The second kappa shape index (κ2) is 11.4. The van der Waals surface area contributed by atoms with Crippen LogP contribution in [0.2, 0.25) is 0 Å². The van der Waals surface area contributed by atoms with Crippen LogP contribution in [0, 0.1) is 0 Å². The maximum Gasteiger partial charge on any atom is 0.238 e. The van der Waals surface area contributed by atoms with E-state index >= 15 is 0 Å². The largest absolute Gasteiger partial charge is 0.308 e. The van der Waals surface area contributed by atoms with Gasteiger partial charge in [-0.25, -0.2) is 4.98 Å². The zero-order valence-corrected chi connectivity index (χ0v) is 26.8. The van der Waals surface area contributed by atoms with Crippen molar-refractivity contribution in [1.29, 1.82) is 0 Å². The molecule has 0 aliphatic heterocycles. The zero-order valence-electron chi connectivity index (χ0n) is 26.8. The molecule has 0 spiro atoms. The number of nitrogens with zero attached hydrogens (tertiary/aromatic N) is 6. The molecule has 0 saturated carbocycles. The van der Waals surface area contributed by atoms with Crippen molar-refractivity contribution in [3.8, 4) is 45.7 Å². The van der Waals surface area contributed by atoms with E-state index in [0.29, 0.717) is 17.6 Å². The van der Waals surface area contributed by atoms with Gasteiger partial charge < -0.3 is 4.57 Å². The van der Waals surface area contributed by atoms with E-state index in [9.17, 15) is 0 Å². The lowest BCUT2D eigenvalue weighted by atomic mass is 10.1. The van der Waals surface area contributed by atoms with Gasteiger partial charge in [0.25, 0.3) is 0 Å². The Morgan fingerprint density at radius 3 is 1.56 bits per heavy atom. The Morgan fingerprint density at radius 2 is 0.900 bits per heavy atom. The third kappa shape index (κ3) is 4.50. The second-order valence-electron chi connectivity index (χ2n) is 12.4. The van der Waals surface area contributed by atoms with Crippen LogP contribution < -0.4 is 0 Å². The van der Waals surface area contributed by atoms with E-state index in [1.54, 1.807) is 0 Å². The van der Waals surface area contributed by atoms with Gasteiger partial charge in [-0.3, -0.25) is 9.55 Å². The molecule has 6 heteroatoms. The van der Waals surface area contributed by atoms with Crippen LogP contribution in [-0.2, 0) is 0 Å². The van der Waals surface area contributed by atoms with Gasteiger partial charge in [-0.05, 0) is 36.4 Å². The number of benzene rings is 6. The van der Waals surface area contributed by atoms with Gasteiger partial charge in [0.1, 0.15) is 0 Å². The molecule has 0 bridgehead atoms. The average Bonchev–Trinajstić information content (AvgIpc) is 3.71. The van der Waals surface area contributed by atoms with Crippen molar-refractivity contribution in [3.05, 3.63) is 170 Å². The topological polar surface area (TPSA) is 61.4 Å². The van der Waals surface area contributed by atoms with Crippen LogP contribution in [0.25, 0.3) is 89.3 Å². The molecule has 0 radical (unpaired) electrons. The molecule has 50 heavy (non-hydrogen) atoms. The van der Waals surface area contributed by atoms with Gasteiger partial charge in [0.2, 0.25) is 5.95 Å². The summed E-state index contributed by atoms with van der Waals surface area (Å²) in [7, 11) is 0. The molecule has 0 N–H and O–H groups in total. The van der Waals surface area contributed by atoms with Crippen LogP contribution in [0.1, 0.15) is 0 Å². The summed E-state index contributed by atoms with van der Waals surface area (Å²) in [5, 5.41) is 4.60. The molecule has 0 amide bonds. The summed E-state index contributed by atoms with van der Waals surface area (Å²) in [5.41, 5.74) is 9.15. The summed E-state index contributed by atoms with van der Waals surface area (Å²) in [6.07, 6.45) is 2.00. The minimum absolute atomic E-state index is 0.565. The fourth-order valence-electron chi connectivity index (χ4n) is 7.12. The Hall–Kier alpha value is -6.92. The number of para-hydroxylation sites is 3. The van der Waals surface area contributed by atoms with Crippen molar-refractivity contribution in [2.24, 2.45) is 0 Å². The zero-order chi connectivity index (χ0) is 33.0. The van der Waals surface area contributed by atoms with E-state index in [1.165, 1.54) is 5.39 Å². The van der Waals surface area contributed by atoms with Crippen molar-refractivity contribution in [2.45, 2.75) is 0 Å². The molecule has 4 heterocycles. The van der Waals surface area contributed by atoms with Gasteiger partial charge in [-0.2, -0.15) is 9.97 Å². The molecular formula is C44H28N6. The number of hydrogen-bond acceptors (Lipinski definition) is 4. The molecule has 4 aromatic heterocycles. The SMILES string of the molecule is c1ccc(-c2nc(-c3ccccc3)nc(-n3c4ccccc4c4ccc(-c5cc6c7ccccc7n(-c7ccccc7)c6cn5)cc43)n2)cc1. The van der Waals surface area contributed by atoms with Crippen LogP contribution in [0.4, 0.5) is 0 Å². The molecule has 6 aromatic carbocycles. The summed E-state index contributed by atoms with van der Waals surface area (Å²) in [5.74, 6) is 1.81. The molecule has 0 fully saturated rings. The fraction of sp³-hybridized carbons (Fsp3) is 0. The van der Waals surface area contributed by atoms with Gasteiger partial charge in [-0.1, -0.05) is 127 Å². The van der Waals surface area contributed by atoms with Gasteiger partial charge in [0.15, 0.2) is 11.6 Å². The Bertz CT molecular complexity index is 2800. The predicted molar refractivity (Wildman–Crippen MR) is 203 cm³/mol. The van der Waals surface area contributed by atoms with E-state index in [4.69, 9.17) is 19.9 Å². The van der Waals surface area contributed by atoms with Crippen LogP contribution in [0.3, 0.4) is 0 Å². The summed E-state index contributed by atoms with van der Waals surface area (Å²) in [6, 6.07) is 56.4. The van der Waals surface area contributed by atoms with Crippen LogP contribution in [-0.4, -0.2) is 29.1 Å². The standard InChI is InChI=1S/C44H28N6/c1-4-14-29(15-5-1)42-46-43(30-16-6-2-7-17-30)48-44(47-42)50-39-23-13-10-20-33(39)35-25-24-31(26-40(35)50)37-27-36-34-21-11-12-22-38(34)49(41(36)28-45-37)32-18-8-3-9-19-32/h1-28H. The highest BCUT2D eigenvalue weighted by molar-refractivity contribution is 6.11. The van der Waals surface area contributed by atoms with E-state index in [1.807, 2.05) is 72.9 Å². The Morgan fingerprint density at radius 1 is 0.360 bits per heavy atom. The van der Waals surface area contributed by atoms with Crippen molar-refractivity contribution >= 4 is 43.6 Å². The number of rotatable bonds is 5. The normalized spacial score (nSPS) is 11.6. The lowest BCUT2D eigenvalue weighted by molar-refractivity contribution is 0.953. The van der Waals surface area contributed by atoms with Crippen molar-refractivity contribution in [3.63, 3.8) is 0 Å². The van der Waals surface area contributed by atoms with Crippen molar-refractivity contribution in [2.75, 3.05) is 0 Å². The van der Waals surface area contributed by atoms with Gasteiger partial charge in [0.05, 0.1) is 34.0 Å². The lowest BCUT2D eigenvalue weighted by Crippen LogP contribution is -2.06. The molecule has 0 aliphatic rings. The summed E-state index contributed by atoms with van der Waals surface area (Å²) in [6.45, 7) is 0. The highest BCUT2D eigenvalue weighted by atomic mass is 15.2. The summed E-state index contributed by atoms with van der Waals surface area (Å²) >= 11 is 0. The first-order valence-electron chi connectivity index (χ1n) is 16.7. The highest BCUT2D eigenvalue weighted by Gasteiger charge is 2.19. The number of fused-ring (bicyclic) bond motifs is 6. The van der Waals surface area contributed by atoms with Gasteiger partial charge in [0, 0.05) is 43.9 Å². The first-order chi connectivity index (χ1) is 24.8. The minimum atomic E-state index is 0.565. The molecular weight excluding hydrogens is 613 g/mol. The summed E-state index contributed by atoms with van der Waals surface area (Å²) < 4.78 is 4.45. The molecule has 10 aromatic rings. The number of pyridine rings is 1. The predicted octanol–water partition coefficient (Wildman–Crippen LogP) is 10.5. The first kappa shape index (κ1) is 28.1. The van der Waals surface area contributed by atoms with Crippen LogP contribution in [0.5, 0.6) is 0 Å². The third-order valence-electron chi connectivity index (χ3n) is 9.43. The van der Waals surface area contributed by atoms with E-state index in [-0.39, 0.29) is 0 Å². The molecule has 6 nitrogen and oxygen atoms in total. The molecule has 0 aliphatic carbocycles. The highest BCUT2D eigenvalue weighted by Crippen LogP contribution is 2.37. The fourth-order valence-corrected chi connectivity index (χ4v) is 7.12. The first-order valence-corrected chi connectivity index (χ1v) is 16.7. The number of aromatic nitrogens is 6. The van der Waals surface area contributed by atoms with Crippen LogP contribution in [0.15, 0.2) is 170 Å². The second-order valence-corrected chi connectivity index (χ2v) is 12.4. The Labute approximate surface area is 287 Å². The maximum atomic E-state index is 5.10. The molecule has 234 valence electrons.